The number of rotatable bonds is 7. The van der Waals surface area contributed by atoms with E-state index in [1.807, 2.05) is 0 Å². The van der Waals surface area contributed by atoms with Crippen LogP contribution in [0.1, 0.15) is 39.0 Å². The Morgan fingerprint density at radius 3 is 2.05 bits per heavy atom. The molecule has 0 amide bonds. The Labute approximate surface area is 123 Å². The largest absolute Gasteiger partial charge is 0.382 e. The molecule has 0 aromatic rings. The van der Waals surface area contributed by atoms with Crippen LogP contribution >= 0.6 is 0 Å². The molecule has 0 aromatic carbocycles. The van der Waals surface area contributed by atoms with Gasteiger partial charge >= 0.3 is 0 Å². The zero-order valence-corrected chi connectivity index (χ0v) is 13.0. The van der Waals surface area contributed by atoms with Crippen LogP contribution in [0.25, 0.3) is 0 Å². The minimum absolute atomic E-state index is 0.281. The maximum atomic E-state index is 5.85. The molecule has 4 nitrogen and oxygen atoms in total. The number of methoxy groups -OCH3 is 1. The lowest BCUT2D eigenvalue weighted by molar-refractivity contribution is -0.0911. The van der Waals surface area contributed by atoms with E-state index in [0.717, 1.165) is 45.2 Å². The Kier molecular flexibility index (Phi) is 7.28. The molecule has 4 unspecified atom stereocenters. The second-order valence-electron chi connectivity index (χ2n) is 6.20. The summed E-state index contributed by atoms with van der Waals surface area (Å²) < 4.78 is 22.6. The van der Waals surface area contributed by atoms with E-state index in [1.165, 1.54) is 19.3 Å². The summed E-state index contributed by atoms with van der Waals surface area (Å²) in [6.45, 7) is 6.21. The molecule has 2 fully saturated rings. The van der Waals surface area contributed by atoms with Crippen molar-refractivity contribution in [1.82, 2.24) is 0 Å². The summed E-state index contributed by atoms with van der Waals surface area (Å²) in [6.07, 6.45) is 6.52. The van der Waals surface area contributed by atoms with Crippen LogP contribution in [0.3, 0.4) is 0 Å². The Morgan fingerprint density at radius 1 is 0.850 bits per heavy atom. The summed E-state index contributed by atoms with van der Waals surface area (Å²) in [4.78, 5) is 0. The fourth-order valence-electron chi connectivity index (χ4n) is 2.99. The second-order valence-corrected chi connectivity index (χ2v) is 6.20. The van der Waals surface area contributed by atoms with Gasteiger partial charge in [-0.25, -0.2) is 0 Å². The number of hydrogen-bond donors (Lipinski definition) is 0. The molecule has 0 spiro atoms. The second kappa shape index (κ2) is 8.98. The van der Waals surface area contributed by atoms with E-state index in [0.29, 0.717) is 18.6 Å². The first-order valence-electron chi connectivity index (χ1n) is 8.11. The van der Waals surface area contributed by atoms with E-state index in [-0.39, 0.29) is 6.10 Å². The van der Waals surface area contributed by atoms with Crippen LogP contribution in [0.15, 0.2) is 0 Å². The van der Waals surface area contributed by atoms with Crippen molar-refractivity contribution < 1.29 is 18.9 Å². The third-order valence-corrected chi connectivity index (χ3v) is 4.52. The molecular weight excluding hydrogens is 256 g/mol. The molecule has 20 heavy (non-hydrogen) atoms. The molecule has 118 valence electrons. The lowest BCUT2D eigenvalue weighted by atomic mass is 9.96. The minimum Gasteiger partial charge on any atom is -0.382 e. The molecule has 0 N–H and O–H groups in total. The van der Waals surface area contributed by atoms with Gasteiger partial charge in [0.05, 0.1) is 38.6 Å². The molecule has 2 heterocycles. The summed E-state index contributed by atoms with van der Waals surface area (Å²) in [5.74, 6) is 1.30. The van der Waals surface area contributed by atoms with Crippen molar-refractivity contribution in [1.29, 1.82) is 0 Å². The van der Waals surface area contributed by atoms with Gasteiger partial charge < -0.3 is 18.9 Å². The molecule has 0 radical (unpaired) electrons. The molecular formula is C16H30O4. The molecule has 2 saturated heterocycles. The third-order valence-electron chi connectivity index (χ3n) is 4.52. The average Bonchev–Trinajstić information content (AvgIpc) is 2.50. The van der Waals surface area contributed by atoms with Crippen molar-refractivity contribution in [3.05, 3.63) is 0 Å². The fraction of sp³-hybridized carbons (Fsp3) is 1.00. The lowest BCUT2D eigenvalue weighted by Crippen LogP contribution is -2.33. The number of hydrogen-bond acceptors (Lipinski definition) is 4. The quantitative estimate of drug-likeness (QED) is 0.721. The summed E-state index contributed by atoms with van der Waals surface area (Å²) in [6, 6.07) is 0. The van der Waals surface area contributed by atoms with Gasteiger partial charge in [-0.15, -0.1) is 0 Å². The summed E-state index contributed by atoms with van der Waals surface area (Å²) >= 11 is 0. The summed E-state index contributed by atoms with van der Waals surface area (Å²) in [7, 11) is 1.73. The molecule has 0 saturated carbocycles. The highest BCUT2D eigenvalue weighted by atomic mass is 16.5. The smallest absolute Gasteiger partial charge is 0.0808 e. The Morgan fingerprint density at radius 2 is 1.50 bits per heavy atom. The molecule has 4 heteroatoms. The van der Waals surface area contributed by atoms with E-state index in [4.69, 9.17) is 18.9 Å². The predicted molar refractivity (Wildman–Crippen MR) is 77.9 cm³/mol. The van der Waals surface area contributed by atoms with Gasteiger partial charge in [-0.2, -0.15) is 0 Å². The van der Waals surface area contributed by atoms with Crippen LogP contribution < -0.4 is 0 Å². The van der Waals surface area contributed by atoms with E-state index in [1.54, 1.807) is 7.11 Å². The average molecular weight is 286 g/mol. The highest BCUT2D eigenvalue weighted by molar-refractivity contribution is 4.72. The first-order chi connectivity index (χ1) is 9.81. The minimum atomic E-state index is 0.281. The maximum Gasteiger partial charge on any atom is 0.0808 e. The van der Waals surface area contributed by atoms with Gasteiger partial charge in [-0.05, 0) is 31.6 Å². The highest BCUT2D eigenvalue weighted by Crippen LogP contribution is 2.23. The van der Waals surface area contributed by atoms with Crippen molar-refractivity contribution in [3.63, 3.8) is 0 Å². The predicted octanol–water partition coefficient (Wildman–Crippen LogP) is 2.65. The Hall–Kier alpha value is -0.160. The normalized spacial score (nSPS) is 35.1. The molecule has 4 atom stereocenters. The van der Waals surface area contributed by atoms with Crippen LogP contribution in [0.5, 0.6) is 0 Å². The van der Waals surface area contributed by atoms with E-state index in [9.17, 15) is 0 Å². The van der Waals surface area contributed by atoms with Gasteiger partial charge in [-0.3, -0.25) is 0 Å². The lowest BCUT2D eigenvalue weighted by Gasteiger charge is -2.30. The Bertz CT molecular complexity index is 243. The zero-order chi connectivity index (χ0) is 14.2. The van der Waals surface area contributed by atoms with E-state index >= 15 is 0 Å². The van der Waals surface area contributed by atoms with E-state index in [2.05, 4.69) is 6.92 Å². The molecule has 0 aromatic heterocycles. The van der Waals surface area contributed by atoms with Gasteiger partial charge in [0.25, 0.3) is 0 Å². The highest BCUT2D eigenvalue weighted by Gasteiger charge is 2.23. The van der Waals surface area contributed by atoms with Gasteiger partial charge in [0, 0.05) is 19.6 Å². The summed E-state index contributed by atoms with van der Waals surface area (Å²) in [5, 5.41) is 0. The monoisotopic (exact) mass is 286 g/mol. The molecule has 2 aliphatic heterocycles. The third kappa shape index (κ3) is 5.32. The summed E-state index contributed by atoms with van der Waals surface area (Å²) in [5.41, 5.74) is 0. The van der Waals surface area contributed by atoms with Crippen molar-refractivity contribution in [2.75, 3.05) is 40.1 Å². The zero-order valence-electron chi connectivity index (χ0n) is 13.0. The molecule has 2 aliphatic rings. The first kappa shape index (κ1) is 16.2. The van der Waals surface area contributed by atoms with Crippen molar-refractivity contribution in [2.24, 2.45) is 11.8 Å². The molecule has 0 bridgehead atoms. The van der Waals surface area contributed by atoms with Crippen molar-refractivity contribution in [2.45, 2.75) is 51.2 Å². The van der Waals surface area contributed by atoms with Crippen LogP contribution in [-0.2, 0) is 18.9 Å². The van der Waals surface area contributed by atoms with Crippen LogP contribution in [0, 0.1) is 11.8 Å². The number of ether oxygens (including phenoxy) is 4. The van der Waals surface area contributed by atoms with Crippen LogP contribution in [0.4, 0.5) is 0 Å². The molecule has 0 aliphatic carbocycles. The fourth-order valence-corrected chi connectivity index (χ4v) is 2.99. The molecule has 2 rings (SSSR count). The van der Waals surface area contributed by atoms with Gasteiger partial charge in [-0.1, -0.05) is 13.3 Å². The SMILES string of the molecule is CCC1CCC(COCC2CCC(COC)OC2)OC1. The van der Waals surface area contributed by atoms with Gasteiger partial charge in [0.2, 0.25) is 0 Å². The topological polar surface area (TPSA) is 36.9 Å². The van der Waals surface area contributed by atoms with Gasteiger partial charge in [0.15, 0.2) is 0 Å². The maximum absolute atomic E-state index is 5.85. The van der Waals surface area contributed by atoms with Crippen molar-refractivity contribution in [3.8, 4) is 0 Å². The Balaban J connectivity index is 1.52. The van der Waals surface area contributed by atoms with E-state index < -0.39 is 0 Å². The van der Waals surface area contributed by atoms with Gasteiger partial charge in [0.1, 0.15) is 0 Å². The standard InChI is InChI=1S/C16H30O4/c1-3-13-4-6-16(19-9-13)12-18-8-14-5-7-15(11-17-2)20-10-14/h13-16H,3-12H2,1-2H3. The first-order valence-corrected chi connectivity index (χ1v) is 8.11. The van der Waals surface area contributed by atoms with Crippen LogP contribution in [-0.4, -0.2) is 52.4 Å². The van der Waals surface area contributed by atoms with Crippen molar-refractivity contribution >= 4 is 0 Å². The van der Waals surface area contributed by atoms with Crippen LogP contribution in [0.2, 0.25) is 0 Å².